The predicted octanol–water partition coefficient (Wildman–Crippen LogP) is 0.631. The zero-order valence-electron chi connectivity index (χ0n) is 9.80. The van der Waals surface area contributed by atoms with Gasteiger partial charge in [-0.3, -0.25) is 4.79 Å². The van der Waals surface area contributed by atoms with Gasteiger partial charge in [0.25, 0.3) is 0 Å². The molecule has 0 spiro atoms. The number of hydrogen-bond acceptors (Lipinski definition) is 6. The SMILES string of the molecule is CNCc1nnc(Nc2ccc(C(N)=O)cc2)o1. The van der Waals surface area contributed by atoms with Crippen molar-refractivity contribution in [3.8, 4) is 0 Å². The molecular weight excluding hydrogens is 234 g/mol. The zero-order chi connectivity index (χ0) is 13.0. The highest BCUT2D eigenvalue weighted by molar-refractivity contribution is 5.93. The molecule has 0 aliphatic heterocycles. The molecule has 0 saturated heterocycles. The molecular formula is C11H13N5O2. The van der Waals surface area contributed by atoms with Gasteiger partial charge in [-0.15, -0.1) is 5.10 Å². The number of aromatic nitrogens is 2. The molecule has 94 valence electrons. The number of anilines is 2. The molecule has 0 radical (unpaired) electrons. The summed E-state index contributed by atoms with van der Waals surface area (Å²) in [6.45, 7) is 0.509. The van der Waals surface area contributed by atoms with Crippen molar-refractivity contribution in [1.29, 1.82) is 0 Å². The van der Waals surface area contributed by atoms with Crippen LogP contribution in [0.1, 0.15) is 16.2 Å². The maximum absolute atomic E-state index is 10.9. The highest BCUT2D eigenvalue weighted by Crippen LogP contribution is 2.15. The maximum atomic E-state index is 10.9. The van der Waals surface area contributed by atoms with Crippen molar-refractivity contribution in [3.05, 3.63) is 35.7 Å². The van der Waals surface area contributed by atoms with E-state index in [2.05, 4.69) is 20.8 Å². The van der Waals surface area contributed by atoms with E-state index >= 15 is 0 Å². The van der Waals surface area contributed by atoms with Crippen molar-refractivity contribution in [2.24, 2.45) is 5.73 Å². The summed E-state index contributed by atoms with van der Waals surface area (Å²) in [6, 6.07) is 6.96. The number of nitrogens with zero attached hydrogens (tertiary/aromatic N) is 2. The van der Waals surface area contributed by atoms with Gasteiger partial charge < -0.3 is 20.8 Å². The first-order chi connectivity index (χ1) is 8.69. The van der Waals surface area contributed by atoms with Gasteiger partial charge in [0.1, 0.15) is 0 Å². The Morgan fingerprint density at radius 1 is 1.33 bits per heavy atom. The number of amides is 1. The number of nitrogens with one attached hydrogen (secondary N) is 2. The minimum Gasteiger partial charge on any atom is -0.406 e. The number of rotatable bonds is 5. The number of benzene rings is 1. The van der Waals surface area contributed by atoms with Crippen LogP contribution in [0.15, 0.2) is 28.7 Å². The van der Waals surface area contributed by atoms with Crippen LogP contribution in [-0.2, 0) is 6.54 Å². The normalized spacial score (nSPS) is 10.3. The summed E-state index contributed by atoms with van der Waals surface area (Å²) in [5, 5.41) is 13.5. The Kier molecular flexibility index (Phi) is 3.54. The number of primary amides is 1. The summed E-state index contributed by atoms with van der Waals surface area (Å²) < 4.78 is 5.32. The smallest absolute Gasteiger partial charge is 0.320 e. The molecule has 2 rings (SSSR count). The largest absolute Gasteiger partial charge is 0.406 e. The molecule has 1 aromatic carbocycles. The van der Waals surface area contributed by atoms with E-state index in [-0.39, 0.29) is 0 Å². The van der Waals surface area contributed by atoms with Crippen LogP contribution in [0.5, 0.6) is 0 Å². The van der Waals surface area contributed by atoms with Crippen LogP contribution in [-0.4, -0.2) is 23.2 Å². The summed E-state index contributed by atoms with van der Waals surface area (Å²) in [7, 11) is 1.79. The summed E-state index contributed by atoms with van der Waals surface area (Å²) >= 11 is 0. The van der Waals surface area contributed by atoms with Crippen molar-refractivity contribution < 1.29 is 9.21 Å². The van der Waals surface area contributed by atoms with E-state index in [0.29, 0.717) is 24.0 Å². The van der Waals surface area contributed by atoms with E-state index in [1.807, 2.05) is 0 Å². The van der Waals surface area contributed by atoms with Crippen molar-refractivity contribution in [2.75, 3.05) is 12.4 Å². The Morgan fingerprint density at radius 2 is 2.06 bits per heavy atom. The quantitative estimate of drug-likeness (QED) is 0.715. The molecule has 1 amide bonds. The average Bonchev–Trinajstić information content (AvgIpc) is 2.78. The van der Waals surface area contributed by atoms with Gasteiger partial charge in [0.15, 0.2) is 0 Å². The lowest BCUT2D eigenvalue weighted by molar-refractivity contribution is 0.100. The third kappa shape index (κ3) is 2.83. The fourth-order valence-corrected chi connectivity index (χ4v) is 1.37. The molecule has 4 N–H and O–H groups in total. The van der Waals surface area contributed by atoms with Gasteiger partial charge in [-0.2, -0.15) is 0 Å². The fraction of sp³-hybridized carbons (Fsp3) is 0.182. The van der Waals surface area contributed by atoms with Crippen molar-refractivity contribution in [1.82, 2.24) is 15.5 Å². The minimum absolute atomic E-state index is 0.298. The molecule has 7 heteroatoms. The van der Waals surface area contributed by atoms with Gasteiger partial charge in [0.05, 0.1) is 6.54 Å². The first kappa shape index (κ1) is 12.1. The lowest BCUT2D eigenvalue weighted by Crippen LogP contribution is -2.10. The Labute approximate surface area is 103 Å². The van der Waals surface area contributed by atoms with E-state index in [1.54, 1.807) is 31.3 Å². The molecule has 0 aliphatic rings. The van der Waals surface area contributed by atoms with Crippen LogP contribution in [0.4, 0.5) is 11.7 Å². The van der Waals surface area contributed by atoms with Crippen LogP contribution < -0.4 is 16.4 Å². The van der Waals surface area contributed by atoms with Crippen LogP contribution in [0.25, 0.3) is 0 Å². The minimum atomic E-state index is -0.462. The standard InChI is InChI=1S/C11H13N5O2/c1-13-6-9-15-16-11(18-9)14-8-4-2-7(3-5-8)10(12)17/h2-5,13H,6H2,1H3,(H2,12,17)(H,14,16). The second kappa shape index (κ2) is 5.28. The van der Waals surface area contributed by atoms with Crippen molar-refractivity contribution >= 4 is 17.6 Å². The molecule has 0 aliphatic carbocycles. The number of nitrogens with two attached hydrogens (primary N) is 1. The first-order valence-corrected chi connectivity index (χ1v) is 5.33. The highest BCUT2D eigenvalue weighted by Gasteiger charge is 2.05. The third-order valence-corrected chi connectivity index (χ3v) is 2.22. The van der Waals surface area contributed by atoms with Crippen molar-refractivity contribution in [2.45, 2.75) is 6.54 Å². The van der Waals surface area contributed by atoms with E-state index in [9.17, 15) is 4.79 Å². The highest BCUT2D eigenvalue weighted by atomic mass is 16.4. The molecule has 2 aromatic rings. The van der Waals surface area contributed by atoms with Gasteiger partial charge in [-0.1, -0.05) is 5.10 Å². The lowest BCUT2D eigenvalue weighted by Gasteiger charge is -2.01. The van der Waals surface area contributed by atoms with Gasteiger partial charge in [0, 0.05) is 11.3 Å². The monoisotopic (exact) mass is 247 g/mol. The predicted molar refractivity (Wildman–Crippen MR) is 65.3 cm³/mol. The zero-order valence-corrected chi connectivity index (χ0v) is 9.80. The molecule has 1 heterocycles. The molecule has 1 aromatic heterocycles. The first-order valence-electron chi connectivity index (χ1n) is 5.33. The Hall–Kier alpha value is -2.41. The third-order valence-electron chi connectivity index (χ3n) is 2.22. The lowest BCUT2D eigenvalue weighted by atomic mass is 10.2. The summed E-state index contributed by atoms with van der Waals surface area (Å²) in [5.41, 5.74) is 6.33. The number of hydrogen-bond donors (Lipinski definition) is 3. The number of carbonyl (C=O) groups excluding carboxylic acids is 1. The van der Waals surface area contributed by atoms with Crippen LogP contribution >= 0.6 is 0 Å². The van der Waals surface area contributed by atoms with Gasteiger partial charge >= 0.3 is 6.01 Å². The van der Waals surface area contributed by atoms with Crippen molar-refractivity contribution in [3.63, 3.8) is 0 Å². The molecule has 0 unspecified atom stereocenters. The van der Waals surface area contributed by atoms with Gasteiger partial charge in [0.2, 0.25) is 11.8 Å². The number of carbonyl (C=O) groups is 1. The fourth-order valence-electron chi connectivity index (χ4n) is 1.37. The van der Waals surface area contributed by atoms with Crippen LogP contribution in [0.2, 0.25) is 0 Å². The maximum Gasteiger partial charge on any atom is 0.320 e. The molecule has 7 nitrogen and oxygen atoms in total. The Bertz CT molecular complexity index is 535. The van der Waals surface area contributed by atoms with E-state index in [1.165, 1.54) is 0 Å². The molecule has 0 saturated carbocycles. The van der Waals surface area contributed by atoms with Gasteiger partial charge in [-0.25, -0.2) is 0 Å². The van der Waals surface area contributed by atoms with Gasteiger partial charge in [-0.05, 0) is 31.3 Å². The van der Waals surface area contributed by atoms with Crippen LogP contribution in [0.3, 0.4) is 0 Å². The van der Waals surface area contributed by atoms with E-state index < -0.39 is 5.91 Å². The summed E-state index contributed by atoms with van der Waals surface area (Å²) in [6.07, 6.45) is 0. The van der Waals surface area contributed by atoms with E-state index in [0.717, 1.165) is 5.69 Å². The molecule has 0 fully saturated rings. The second-order valence-electron chi connectivity index (χ2n) is 3.60. The van der Waals surface area contributed by atoms with E-state index in [4.69, 9.17) is 10.2 Å². The Morgan fingerprint density at radius 3 is 2.67 bits per heavy atom. The topological polar surface area (TPSA) is 106 Å². The summed E-state index contributed by atoms with van der Waals surface area (Å²) in [4.78, 5) is 10.9. The molecule has 0 bridgehead atoms. The summed E-state index contributed by atoms with van der Waals surface area (Å²) in [5.74, 6) is 0.0319. The Balaban J connectivity index is 2.06. The molecule has 18 heavy (non-hydrogen) atoms. The average molecular weight is 247 g/mol. The molecule has 0 atom stereocenters. The van der Waals surface area contributed by atoms with Crippen LogP contribution in [0, 0.1) is 0 Å². The second-order valence-corrected chi connectivity index (χ2v) is 3.60.